The Hall–Kier alpha value is -2.73. The van der Waals surface area contributed by atoms with Gasteiger partial charge in [0.25, 0.3) is 0 Å². The number of amides is 2. The molecule has 2 amide bonds. The minimum absolute atomic E-state index is 0.00330. The van der Waals surface area contributed by atoms with Crippen LogP contribution >= 0.6 is 0 Å². The second-order valence-corrected chi connectivity index (χ2v) is 6.92. The van der Waals surface area contributed by atoms with E-state index in [1.807, 2.05) is 60.4 Å². The van der Waals surface area contributed by atoms with Gasteiger partial charge in [-0.3, -0.25) is 0 Å². The van der Waals surface area contributed by atoms with Gasteiger partial charge in [-0.25, -0.2) is 4.79 Å². The maximum Gasteiger partial charge on any atom is 0.317 e. The Bertz CT molecular complexity index is 796. The smallest absolute Gasteiger partial charge is 0.317 e. The van der Waals surface area contributed by atoms with E-state index < -0.39 is 0 Å². The fourth-order valence-corrected chi connectivity index (χ4v) is 3.49. The summed E-state index contributed by atoms with van der Waals surface area (Å²) in [7, 11) is 0. The molecule has 2 aromatic rings. The third-order valence-corrected chi connectivity index (χ3v) is 4.85. The molecule has 1 N–H and O–H groups in total. The van der Waals surface area contributed by atoms with Gasteiger partial charge < -0.3 is 24.4 Å². The molecule has 2 unspecified atom stereocenters. The van der Waals surface area contributed by atoms with E-state index in [-0.39, 0.29) is 25.0 Å². The summed E-state index contributed by atoms with van der Waals surface area (Å²) in [5, 5.41) is 3.02. The molecule has 2 aliphatic heterocycles. The van der Waals surface area contributed by atoms with Gasteiger partial charge in [0.05, 0.1) is 12.6 Å². The fourth-order valence-electron chi connectivity index (χ4n) is 3.49. The Morgan fingerprint density at radius 1 is 1.11 bits per heavy atom. The minimum Gasteiger partial charge on any atom is -0.454 e. The zero-order chi connectivity index (χ0) is 18.6. The van der Waals surface area contributed by atoms with E-state index >= 15 is 0 Å². The van der Waals surface area contributed by atoms with E-state index in [0.717, 1.165) is 29.0 Å². The van der Waals surface area contributed by atoms with Crippen molar-refractivity contribution >= 4 is 6.03 Å². The lowest BCUT2D eigenvalue weighted by Gasteiger charge is -2.37. The summed E-state index contributed by atoms with van der Waals surface area (Å²) in [4.78, 5) is 14.5. The van der Waals surface area contributed by atoms with Crippen molar-refractivity contribution in [2.24, 2.45) is 0 Å². The number of nitrogens with zero attached hydrogens (tertiary/aromatic N) is 1. The lowest BCUT2D eigenvalue weighted by molar-refractivity contribution is -0.0656. The average Bonchev–Trinajstić information content (AvgIpc) is 3.16. The van der Waals surface area contributed by atoms with Crippen molar-refractivity contribution in [3.05, 3.63) is 59.7 Å². The van der Waals surface area contributed by atoms with Crippen LogP contribution in [0.25, 0.3) is 0 Å². The number of rotatable bonds is 4. The molecule has 2 aromatic carbocycles. The molecule has 0 saturated carbocycles. The lowest BCUT2D eigenvalue weighted by Crippen LogP contribution is -2.50. The first kappa shape index (κ1) is 17.7. The molecule has 0 aliphatic carbocycles. The van der Waals surface area contributed by atoms with Crippen molar-refractivity contribution in [2.45, 2.75) is 25.6 Å². The van der Waals surface area contributed by atoms with Gasteiger partial charge in [-0.05, 0) is 36.6 Å². The molecular weight excluding hydrogens is 344 g/mol. The summed E-state index contributed by atoms with van der Waals surface area (Å²) in [6.07, 6.45) is 0.655. The minimum atomic E-state index is -0.0884. The normalized spacial score (nSPS) is 21.1. The van der Waals surface area contributed by atoms with Crippen molar-refractivity contribution in [1.82, 2.24) is 10.2 Å². The summed E-state index contributed by atoms with van der Waals surface area (Å²) in [5.74, 6) is 1.54. The summed E-state index contributed by atoms with van der Waals surface area (Å²) >= 11 is 0. The number of ether oxygens (including phenoxy) is 3. The molecule has 2 atom stereocenters. The van der Waals surface area contributed by atoms with Crippen LogP contribution < -0.4 is 14.8 Å². The predicted molar refractivity (Wildman–Crippen MR) is 101 cm³/mol. The molecule has 4 rings (SSSR count). The molecule has 0 radical (unpaired) electrons. The number of carbonyl (C=O) groups is 1. The van der Waals surface area contributed by atoms with Crippen molar-refractivity contribution in [3.63, 3.8) is 0 Å². The first-order valence-corrected chi connectivity index (χ1v) is 9.31. The molecule has 0 bridgehead atoms. The van der Waals surface area contributed by atoms with Crippen LogP contribution in [0.3, 0.4) is 0 Å². The van der Waals surface area contributed by atoms with Crippen LogP contribution in [0, 0.1) is 0 Å². The van der Waals surface area contributed by atoms with Gasteiger partial charge in [-0.15, -0.1) is 0 Å². The van der Waals surface area contributed by atoms with E-state index in [1.165, 1.54) is 0 Å². The first-order valence-electron chi connectivity index (χ1n) is 9.31. The topological polar surface area (TPSA) is 60.0 Å². The maximum atomic E-state index is 12.6. The molecular formula is C21H24N2O4. The predicted octanol–water partition coefficient (Wildman–Crippen LogP) is 3.13. The number of carbonyl (C=O) groups excluding carboxylic acids is 1. The fraction of sp³-hybridized carbons (Fsp3) is 0.381. The van der Waals surface area contributed by atoms with Crippen LogP contribution in [0.1, 0.15) is 24.2 Å². The molecule has 0 spiro atoms. The van der Waals surface area contributed by atoms with Crippen LogP contribution in [0.15, 0.2) is 48.5 Å². The standard InChI is InChI=1S/C21H24N2O4/c1-15-12-23(13-20(27-15)17-5-3-2-4-6-17)21(24)22-10-9-16-7-8-18-19(11-16)26-14-25-18/h2-8,11,15,20H,9-10,12-14H2,1H3,(H,22,24). The third kappa shape index (κ3) is 4.17. The number of hydrogen-bond acceptors (Lipinski definition) is 4. The van der Waals surface area contributed by atoms with Gasteiger partial charge in [-0.1, -0.05) is 36.4 Å². The summed E-state index contributed by atoms with van der Waals surface area (Å²) in [5.41, 5.74) is 2.21. The molecule has 2 heterocycles. The summed E-state index contributed by atoms with van der Waals surface area (Å²) < 4.78 is 16.7. The SMILES string of the molecule is CC1CN(C(=O)NCCc2ccc3c(c2)OCO3)CC(c2ccccc2)O1. The Labute approximate surface area is 159 Å². The highest BCUT2D eigenvalue weighted by Gasteiger charge is 2.29. The van der Waals surface area contributed by atoms with Crippen LogP contribution in [0.2, 0.25) is 0 Å². The van der Waals surface area contributed by atoms with Crippen LogP contribution in [0.4, 0.5) is 4.79 Å². The number of benzene rings is 2. The highest BCUT2D eigenvalue weighted by Crippen LogP contribution is 2.32. The zero-order valence-corrected chi connectivity index (χ0v) is 15.4. The maximum absolute atomic E-state index is 12.6. The highest BCUT2D eigenvalue weighted by atomic mass is 16.7. The lowest BCUT2D eigenvalue weighted by atomic mass is 10.1. The van der Waals surface area contributed by atoms with Gasteiger partial charge in [0.15, 0.2) is 11.5 Å². The zero-order valence-electron chi connectivity index (χ0n) is 15.4. The van der Waals surface area contributed by atoms with Crippen LogP contribution in [-0.4, -0.2) is 43.5 Å². The van der Waals surface area contributed by atoms with Crippen molar-refractivity contribution in [3.8, 4) is 11.5 Å². The van der Waals surface area contributed by atoms with Crippen molar-refractivity contribution in [2.75, 3.05) is 26.4 Å². The number of fused-ring (bicyclic) bond motifs is 1. The monoisotopic (exact) mass is 368 g/mol. The van der Waals surface area contributed by atoms with Gasteiger partial charge >= 0.3 is 6.03 Å². The highest BCUT2D eigenvalue weighted by molar-refractivity contribution is 5.74. The molecule has 6 heteroatoms. The second kappa shape index (κ2) is 7.88. The molecule has 6 nitrogen and oxygen atoms in total. The van der Waals surface area contributed by atoms with Gasteiger partial charge in [0.1, 0.15) is 6.10 Å². The van der Waals surface area contributed by atoms with Crippen LogP contribution in [0.5, 0.6) is 11.5 Å². The Morgan fingerprint density at radius 2 is 1.93 bits per heavy atom. The quantitative estimate of drug-likeness (QED) is 0.901. The number of urea groups is 1. The Kier molecular flexibility index (Phi) is 5.16. The summed E-state index contributed by atoms with van der Waals surface area (Å²) in [6.45, 7) is 4.00. The third-order valence-electron chi connectivity index (χ3n) is 4.85. The van der Waals surface area contributed by atoms with Gasteiger partial charge in [0, 0.05) is 13.1 Å². The van der Waals surface area contributed by atoms with Crippen molar-refractivity contribution < 1.29 is 19.0 Å². The largest absolute Gasteiger partial charge is 0.454 e. The molecule has 0 aromatic heterocycles. The van der Waals surface area contributed by atoms with E-state index in [1.54, 1.807) is 0 Å². The molecule has 1 saturated heterocycles. The number of nitrogens with one attached hydrogen (secondary N) is 1. The Morgan fingerprint density at radius 3 is 2.78 bits per heavy atom. The van der Waals surface area contributed by atoms with Gasteiger partial charge in [-0.2, -0.15) is 0 Å². The Balaban J connectivity index is 1.31. The van der Waals surface area contributed by atoms with E-state index in [9.17, 15) is 4.79 Å². The summed E-state index contributed by atoms with van der Waals surface area (Å²) in [6, 6.07) is 15.9. The van der Waals surface area contributed by atoms with E-state index in [4.69, 9.17) is 14.2 Å². The molecule has 1 fully saturated rings. The van der Waals surface area contributed by atoms with Gasteiger partial charge in [0.2, 0.25) is 6.79 Å². The number of hydrogen-bond donors (Lipinski definition) is 1. The van der Waals surface area contributed by atoms with Crippen LogP contribution in [-0.2, 0) is 11.2 Å². The van der Waals surface area contributed by atoms with Crippen molar-refractivity contribution in [1.29, 1.82) is 0 Å². The van der Waals surface area contributed by atoms with E-state index in [0.29, 0.717) is 19.6 Å². The number of morpholine rings is 1. The molecule has 2 aliphatic rings. The first-order chi connectivity index (χ1) is 13.2. The second-order valence-electron chi connectivity index (χ2n) is 6.92. The molecule has 142 valence electrons. The average molecular weight is 368 g/mol. The van der Waals surface area contributed by atoms with E-state index in [2.05, 4.69) is 5.32 Å². The molecule has 27 heavy (non-hydrogen) atoms.